The Hall–Kier alpha value is -6.58. The number of benzene rings is 6. The lowest BCUT2D eigenvalue weighted by molar-refractivity contribution is -0.115. The SMILES string of the molecule is CCn1c2ccccc2c2cc(NC(=O)C(C)Sc3cccc(NC(=O)/C(=C/c4ccc(OCc5ccccc5)cc4)NC(=O)c4ccccc4)c3)ccc21. The molecule has 9 heteroatoms. The summed E-state index contributed by atoms with van der Waals surface area (Å²) < 4.78 is 8.20. The number of anilines is 2. The van der Waals surface area contributed by atoms with Crippen molar-refractivity contribution in [3.05, 3.63) is 174 Å². The van der Waals surface area contributed by atoms with E-state index >= 15 is 0 Å². The second-order valence-electron chi connectivity index (χ2n) is 12.9. The third-order valence-electron chi connectivity index (χ3n) is 9.10. The normalized spacial score (nSPS) is 11.9. The minimum atomic E-state index is -0.499. The van der Waals surface area contributed by atoms with Gasteiger partial charge in [-0.25, -0.2) is 0 Å². The number of hydrogen-bond acceptors (Lipinski definition) is 5. The third kappa shape index (κ3) is 8.97. The summed E-state index contributed by atoms with van der Waals surface area (Å²) in [6.45, 7) is 5.26. The maximum atomic E-state index is 13.8. The molecule has 0 saturated carbocycles. The number of aryl methyl sites for hydroxylation is 1. The number of amides is 3. The number of carbonyl (C=O) groups excluding carboxylic acids is 3. The van der Waals surface area contributed by atoms with Crippen LogP contribution >= 0.6 is 11.8 Å². The molecular weight excluding hydrogens is 705 g/mol. The van der Waals surface area contributed by atoms with Gasteiger partial charge in [-0.3, -0.25) is 14.4 Å². The van der Waals surface area contributed by atoms with E-state index in [4.69, 9.17) is 4.74 Å². The quantitative estimate of drug-likeness (QED) is 0.0806. The number of para-hydroxylation sites is 1. The number of thioether (sulfide) groups is 1. The van der Waals surface area contributed by atoms with Gasteiger partial charge in [0.25, 0.3) is 11.8 Å². The lowest BCUT2D eigenvalue weighted by Crippen LogP contribution is -2.30. The van der Waals surface area contributed by atoms with E-state index in [2.05, 4.69) is 45.6 Å². The van der Waals surface area contributed by atoms with Gasteiger partial charge in [0.15, 0.2) is 0 Å². The minimum absolute atomic E-state index is 0.0663. The fourth-order valence-corrected chi connectivity index (χ4v) is 7.26. The van der Waals surface area contributed by atoms with Crippen LogP contribution in [0, 0.1) is 0 Å². The number of nitrogens with one attached hydrogen (secondary N) is 3. The van der Waals surface area contributed by atoms with E-state index in [1.54, 1.807) is 36.4 Å². The summed E-state index contributed by atoms with van der Waals surface area (Å²) >= 11 is 1.39. The van der Waals surface area contributed by atoms with Gasteiger partial charge in [0.1, 0.15) is 18.1 Å². The monoisotopic (exact) mass is 744 g/mol. The zero-order valence-corrected chi connectivity index (χ0v) is 31.3. The Balaban J connectivity index is 1.03. The predicted molar refractivity (Wildman–Crippen MR) is 223 cm³/mol. The zero-order valence-electron chi connectivity index (χ0n) is 30.5. The molecule has 0 aliphatic carbocycles. The molecule has 3 amide bonds. The van der Waals surface area contributed by atoms with Crippen molar-refractivity contribution < 1.29 is 19.1 Å². The summed E-state index contributed by atoms with van der Waals surface area (Å²) in [5.74, 6) is -0.368. The van der Waals surface area contributed by atoms with E-state index in [-0.39, 0.29) is 11.6 Å². The highest BCUT2D eigenvalue weighted by Gasteiger charge is 2.18. The van der Waals surface area contributed by atoms with Gasteiger partial charge in [0.05, 0.1) is 5.25 Å². The lowest BCUT2D eigenvalue weighted by atomic mass is 10.1. The van der Waals surface area contributed by atoms with Gasteiger partial charge in [0, 0.05) is 50.2 Å². The molecule has 0 aliphatic heterocycles. The lowest BCUT2D eigenvalue weighted by Gasteiger charge is -2.14. The third-order valence-corrected chi connectivity index (χ3v) is 10.2. The van der Waals surface area contributed by atoms with Gasteiger partial charge >= 0.3 is 0 Å². The summed E-state index contributed by atoms with van der Waals surface area (Å²) in [5.41, 5.74) is 5.79. The molecule has 7 rings (SSSR count). The van der Waals surface area contributed by atoms with Gasteiger partial charge in [-0.15, -0.1) is 11.8 Å². The van der Waals surface area contributed by atoms with E-state index in [9.17, 15) is 14.4 Å². The van der Waals surface area contributed by atoms with Crippen molar-refractivity contribution in [1.82, 2.24) is 9.88 Å². The van der Waals surface area contributed by atoms with Crippen LogP contribution < -0.4 is 20.7 Å². The molecule has 0 fully saturated rings. The first kappa shape index (κ1) is 36.8. The van der Waals surface area contributed by atoms with Gasteiger partial charge in [-0.05, 0) is 97.8 Å². The standard InChI is InChI=1S/C46H40N4O4S/c1-3-50-42-20-11-10-19-39(42)40-29-36(23-26-43(40)50)47-44(51)31(2)55-38-18-12-17-35(28-38)48-46(53)41(49-45(52)34-15-8-5-9-16-34)27-32-21-24-37(25-22-32)54-30-33-13-6-4-7-14-33/h4-29,31H,3,30H2,1-2H3,(H,47,51)(H,48,53)(H,49,52)/b41-27-. The fourth-order valence-electron chi connectivity index (χ4n) is 6.33. The van der Waals surface area contributed by atoms with Crippen LogP contribution in [0.3, 0.4) is 0 Å². The zero-order chi connectivity index (χ0) is 38.1. The van der Waals surface area contributed by atoms with Crippen molar-refractivity contribution in [1.29, 1.82) is 0 Å². The highest BCUT2D eigenvalue weighted by atomic mass is 32.2. The average Bonchev–Trinajstić information content (AvgIpc) is 3.54. The Bertz CT molecular complexity index is 2500. The van der Waals surface area contributed by atoms with Crippen molar-refractivity contribution >= 4 is 68.7 Å². The topological polar surface area (TPSA) is 101 Å². The average molecular weight is 745 g/mol. The Morgan fingerprint density at radius 3 is 2.16 bits per heavy atom. The number of ether oxygens (including phenoxy) is 1. The van der Waals surface area contributed by atoms with Crippen LogP contribution in [0.25, 0.3) is 27.9 Å². The number of rotatable bonds is 13. The summed E-state index contributed by atoms with van der Waals surface area (Å²) in [6.07, 6.45) is 1.62. The molecule has 1 heterocycles. The van der Waals surface area contributed by atoms with Crippen LogP contribution in [-0.4, -0.2) is 27.5 Å². The first-order valence-electron chi connectivity index (χ1n) is 18.1. The number of hydrogen-bond donors (Lipinski definition) is 3. The van der Waals surface area contributed by atoms with E-state index in [0.717, 1.165) is 39.0 Å². The molecule has 1 unspecified atom stereocenters. The smallest absolute Gasteiger partial charge is 0.272 e. The maximum absolute atomic E-state index is 13.8. The van der Waals surface area contributed by atoms with Crippen molar-refractivity contribution in [2.24, 2.45) is 0 Å². The summed E-state index contributed by atoms with van der Waals surface area (Å²) in [6, 6.07) is 47.5. The highest BCUT2D eigenvalue weighted by molar-refractivity contribution is 8.00. The van der Waals surface area contributed by atoms with Gasteiger partial charge in [-0.2, -0.15) is 0 Å². The molecule has 274 valence electrons. The van der Waals surface area contributed by atoms with E-state index in [1.807, 2.05) is 110 Å². The van der Waals surface area contributed by atoms with Crippen LogP contribution in [0.2, 0.25) is 0 Å². The molecule has 0 spiro atoms. The van der Waals surface area contributed by atoms with Crippen LogP contribution in [-0.2, 0) is 22.7 Å². The molecule has 0 saturated heterocycles. The van der Waals surface area contributed by atoms with Gasteiger partial charge in [0.2, 0.25) is 5.91 Å². The highest BCUT2D eigenvalue weighted by Crippen LogP contribution is 2.32. The van der Waals surface area contributed by atoms with Crippen LogP contribution in [0.5, 0.6) is 5.75 Å². The van der Waals surface area contributed by atoms with E-state index < -0.39 is 17.1 Å². The molecule has 0 bridgehead atoms. The maximum Gasteiger partial charge on any atom is 0.272 e. The Kier molecular flexibility index (Phi) is 11.4. The number of aromatic nitrogens is 1. The Morgan fingerprint density at radius 2 is 1.40 bits per heavy atom. The van der Waals surface area contributed by atoms with Crippen LogP contribution in [0.1, 0.15) is 35.3 Å². The van der Waals surface area contributed by atoms with Crippen molar-refractivity contribution in [2.45, 2.75) is 37.1 Å². The summed E-state index contributed by atoms with van der Waals surface area (Å²) in [5, 5.41) is 10.6. The minimum Gasteiger partial charge on any atom is -0.489 e. The predicted octanol–water partition coefficient (Wildman–Crippen LogP) is 9.92. The molecule has 7 aromatic rings. The van der Waals surface area contributed by atoms with Crippen molar-refractivity contribution in [3.63, 3.8) is 0 Å². The molecule has 55 heavy (non-hydrogen) atoms. The number of carbonyl (C=O) groups is 3. The number of nitrogens with zero attached hydrogens (tertiary/aromatic N) is 1. The molecule has 3 N–H and O–H groups in total. The first-order chi connectivity index (χ1) is 26.8. The molecule has 1 atom stereocenters. The van der Waals surface area contributed by atoms with E-state index in [1.165, 1.54) is 17.3 Å². The van der Waals surface area contributed by atoms with Crippen LogP contribution in [0.15, 0.2) is 162 Å². The fraction of sp³-hybridized carbons (Fsp3) is 0.109. The number of fused-ring (bicyclic) bond motifs is 3. The largest absolute Gasteiger partial charge is 0.489 e. The summed E-state index contributed by atoms with van der Waals surface area (Å²) in [7, 11) is 0. The van der Waals surface area contributed by atoms with E-state index in [0.29, 0.717) is 29.2 Å². The second-order valence-corrected chi connectivity index (χ2v) is 14.4. The molecule has 0 radical (unpaired) electrons. The molecule has 0 aliphatic rings. The van der Waals surface area contributed by atoms with Crippen molar-refractivity contribution in [3.8, 4) is 5.75 Å². The van der Waals surface area contributed by atoms with Gasteiger partial charge in [-0.1, -0.05) is 84.9 Å². The molecule has 1 aromatic heterocycles. The Morgan fingerprint density at radius 1 is 0.709 bits per heavy atom. The molecule has 8 nitrogen and oxygen atoms in total. The van der Waals surface area contributed by atoms with Crippen LogP contribution in [0.4, 0.5) is 11.4 Å². The first-order valence-corrected chi connectivity index (χ1v) is 19.0. The molecule has 6 aromatic carbocycles. The summed E-state index contributed by atoms with van der Waals surface area (Å²) in [4.78, 5) is 41.1. The van der Waals surface area contributed by atoms with Gasteiger partial charge < -0.3 is 25.3 Å². The molecular formula is C46H40N4O4S. The second kappa shape index (κ2) is 17.0. The van der Waals surface area contributed by atoms with Crippen molar-refractivity contribution in [2.75, 3.05) is 10.6 Å². The Labute approximate surface area is 324 Å².